The monoisotopic (exact) mass is 223 g/mol. The van der Waals surface area contributed by atoms with Gasteiger partial charge in [-0.25, -0.2) is 0 Å². The summed E-state index contributed by atoms with van der Waals surface area (Å²) in [7, 11) is 0. The van der Waals surface area contributed by atoms with Crippen LogP contribution in [0.25, 0.3) is 0 Å². The van der Waals surface area contributed by atoms with Gasteiger partial charge in [-0.05, 0) is 49.4 Å². The van der Waals surface area contributed by atoms with Crippen LogP contribution in [0.2, 0.25) is 5.02 Å². The second-order valence-corrected chi connectivity index (χ2v) is 5.05. The summed E-state index contributed by atoms with van der Waals surface area (Å²) in [5.41, 5.74) is 1.38. The summed E-state index contributed by atoms with van der Waals surface area (Å²) in [5.74, 6) is 0.864. The fourth-order valence-corrected chi connectivity index (χ4v) is 2.41. The van der Waals surface area contributed by atoms with Gasteiger partial charge in [-0.1, -0.05) is 30.7 Å². The average Bonchev–Trinajstić information content (AvgIpc) is 2.22. The molecule has 1 aromatic rings. The molecular weight excluding hydrogens is 206 g/mol. The highest BCUT2D eigenvalue weighted by molar-refractivity contribution is 6.30. The molecule has 0 bridgehead atoms. The van der Waals surface area contributed by atoms with Crippen molar-refractivity contribution < 1.29 is 0 Å². The zero-order valence-corrected chi connectivity index (χ0v) is 9.93. The fraction of sp³-hybridized carbons (Fsp3) is 0.538. The van der Waals surface area contributed by atoms with Crippen LogP contribution in [-0.4, -0.2) is 12.6 Å². The third kappa shape index (κ3) is 3.22. The predicted octanol–water partition coefficient (Wildman–Crippen LogP) is 3.27. The Balaban J connectivity index is 1.93. The molecular formula is C13H18ClN. The van der Waals surface area contributed by atoms with Crippen LogP contribution >= 0.6 is 11.6 Å². The molecule has 1 nitrogen and oxygen atoms in total. The molecule has 0 amide bonds. The molecule has 0 radical (unpaired) electrons. The van der Waals surface area contributed by atoms with Crippen LogP contribution in [0.5, 0.6) is 0 Å². The molecule has 0 spiro atoms. The van der Waals surface area contributed by atoms with Crippen molar-refractivity contribution in [3.63, 3.8) is 0 Å². The number of hydrogen-bond donors (Lipinski definition) is 1. The summed E-state index contributed by atoms with van der Waals surface area (Å²) in [6.45, 7) is 3.51. The Bertz CT molecular complexity index is 307. The lowest BCUT2D eigenvalue weighted by molar-refractivity contribution is 0.318. The molecule has 0 saturated carbocycles. The standard InChI is InChI=1S/C13H18ClN/c1-10-6-7-15-13(8-10)9-11-2-4-12(14)5-3-11/h2-5,10,13,15H,6-9H2,1H3. The minimum absolute atomic E-state index is 0.648. The van der Waals surface area contributed by atoms with Crippen molar-refractivity contribution in [2.45, 2.75) is 32.2 Å². The van der Waals surface area contributed by atoms with E-state index in [0.29, 0.717) is 6.04 Å². The van der Waals surface area contributed by atoms with E-state index in [4.69, 9.17) is 11.6 Å². The molecule has 15 heavy (non-hydrogen) atoms. The quantitative estimate of drug-likeness (QED) is 0.812. The molecule has 2 atom stereocenters. The highest BCUT2D eigenvalue weighted by atomic mass is 35.5. The Morgan fingerprint density at radius 1 is 1.33 bits per heavy atom. The van der Waals surface area contributed by atoms with Gasteiger partial charge in [0, 0.05) is 11.1 Å². The van der Waals surface area contributed by atoms with Gasteiger partial charge in [-0.3, -0.25) is 0 Å². The molecule has 1 aliphatic heterocycles. The van der Waals surface area contributed by atoms with Crippen molar-refractivity contribution in [2.24, 2.45) is 5.92 Å². The van der Waals surface area contributed by atoms with E-state index in [-0.39, 0.29) is 0 Å². The van der Waals surface area contributed by atoms with Crippen LogP contribution in [-0.2, 0) is 6.42 Å². The van der Waals surface area contributed by atoms with Crippen molar-refractivity contribution in [2.75, 3.05) is 6.54 Å². The maximum atomic E-state index is 5.86. The zero-order valence-electron chi connectivity index (χ0n) is 9.17. The van der Waals surface area contributed by atoms with E-state index in [1.165, 1.54) is 24.9 Å². The summed E-state index contributed by atoms with van der Waals surface area (Å²) in [6, 6.07) is 8.86. The van der Waals surface area contributed by atoms with E-state index in [1.54, 1.807) is 0 Å². The topological polar surface area (TPSA) is 12.0 Å². The number of hydrogen-bond acceptors (Lipinski definition) is 1. The molecule has 82 valence electrons. The lowest BCUT2D eigenvalue weighted by Crippen LogP contribution is -2.38. The normalized spacial score (nSPS) is 26.5. The molecule has 2 unspecified atom stereocenters. The van der Waals surface area contributed by atoms with Gasteiger partial charge in [0.15, 0.2) is 0 Å². The van der Waals surface area contributed by atoms with Crippen molar-refractivity contribution in [1.29, 1.82) is 0 Å². The van der Waals surface area contributed by atoms with Crippen molar-refractivity contribution in [3.8, 4) is 0 Å². The maximum Gasteiger partial charge on any atom is 0.0406 e. The van der Waals surface area contributed by atoms with Gasteiger partial charge in [0.25, 0.3) is 0 Å². The second-order valence-electron chi connectivity index (χ2n) is 4.61. The summed E-state index contributed by atoms with van der Waals surface area (Å²) in [5, 5.41) is 4.40. The summed E-state index contributed by atoms with van der Waals surface area (Å²) in [6.07, 6.45) is 3.74. The number of benzene rings is 1. The van der Waals surface area contributed by atoms with Crippen molar-refractivity contribution in [3.05, 3.63) is 34.9 Å². The molecule has 2 heteroatoms. The van der Waals surface area contributed by atoms with E-state index in [9.17, 15) is 0 Å². The molecule has 0 aliphatic carbocycles. The van der Waals surface area contributed by atoms with Gasteiger partial charge in [0.2, 0.25) is 0 Å². The Morgan fingerprint density at radius 2 is 2.07 bits per heavy atom. The van der Waals surface area contributed by atoms with E-state index in [2.05, 4.69) is 24.4 Å². The molecule has 1 aromatic carbocycles. The highest BCUT2D eigenvalue weighted by Gasteiger charge is 2.17. The SMILES string of the molecule is CC1CCNC(Cc2ccc(Cl)cc2)C1. The van der Waals surface area contributed by atoms with Crippen LogP contribution in [0.15, 0.2) is 24.3 Å². The van der Waals surface area contributed by atoms with E-state index >= 15 is 0 Å². The number of nitrogens with one attached hydrogen (secondary N) is 1. The summed E-state index contributed by atoms with van der Waals surface area (Å²) in [4.78, 5) is 0. The first kappa shape index (κ1) is 11.0. The molecule has 1 heterocycles. The zero-order chi connectivity index (χ0) is 10.7. The second kappa shape index (κ2) is 5.00. The van der Waals surface area contributed by atoms with Crippen LogP contribution in [0.4, 0.5) is 0 Å². The average molecular weight is 224 g/mol. The van der Waals surface area contributed by atoms with Crippen LogP contribution in [0, 0.1) is 5.92 Å². The smallest absolute Gasteiger partial charge is 0.0406 e. The van der Waals surface area contributed by atoms with E-state index in [0.717, 1.165) is 17.4 Å². The maximum absolute atomic E-state index is 5.86. The summed E-state index contributed by atoms with van der Waals surface area (Å²) >= 11 is 5.86. The number of halogens is 1. The predicted molar refractivity (Wildman–Crippen MR) is 65.3 cm³/mol. The minimum Gasteiger partial charge on any atom is -0.314 e. The van der Waals surface area contributed by atoms with Crippen molar-refractivity contribution in [1.82, 2.24) is 5.32 Å². The first-order valence-corrected chi connectivity index (χ1v) is 6.09. The van der Waals surface area contributed by atoms with Crippen LogP contribution in [0.3, 0.4) is 0 Å². The van der Waals surface area contributed by atoms with Gasteiger partial charge < -0.3 is 5.32 Å². The van der Waals surface area contributed by atoms with Crippen molar-refractivity contribution >= 4 is 11.6 Å². The third-order valence-corrected chi connectivity index (χ3v) is 3.40. The molecule has 2 rings (SSSR count). The number of rotatable bonds is 2. The van der Waals surface area contributed by atoms with E-state index < -0.39 is 0 Å². The Morgan fingerprint density at radius 3 is 2.73 bits per heavy atom. The van der Waals surface area contributed by atoms with Crippen LogP contribution < -0.4 is 5.32 Å². The lowest BCUT2D eigenvalue weighted by atomic mass is 9.91. The molecule has 1 saturated heterocycles. The third-order valence-electron chi connectivity index (χ3n) is 3.15. The fourth-order valence-electron chi connectivity index (χ4n) is 2.28. The van der Waals surface area contributed by atoms with Gasteiger partial charge >= 0.3 is 0 Å². The first-order valence-electron chi connectivity index (χ1n) is 5.72. The van der Waals surface area contributed by atoms with E-state index in [1.807, 2.05) is 12.1 Å². The van der Waals surface area contributed by atoms with Crippen LogP contribution in [0.1, 0.15) is 25.3 Å². The minimum atomic E-state index is 0.648. The van der Waals surface area contributed by atoms with Gasteiger partial charge in [0.1, 0.15) is 0 Å². The Labute approximate surface area is 96.8 Å². The first-order chi connectivity index (χ1) is 7.24. The molecule has 1 fully saturated rings. The Hall–Kier alpha value is -0.530. The van der Waals surface area contributed by atoms with Gasteiger partial charge in [0.05, 0.1) is 0 Å². The van der Waals surface area contributed by atoms with Gasteiger partial charge in [-0.2, -0.15) is 0 Å². The lowest BCUT2D eigenvalue weighted by Gasteiger charge is -2.28. The summed E-state index contributed by atoms with van der Waals surface area (Å²) < 4.78 is 0. The Kier molecular flexibility index (Phi) is 3.66. The molecule has 1 aliphatic rings. The highest BCUT2D eigenvalue weighted by Crippen LogP contribution is 2.19. The number of piperidine rings is 1. The molecule has 1 N–H and O–H groups in total. The largest absolute Gasteiger partial charge is 0.314 e. The van der Waals surface area contributed by atoms with Gasteiger partial charge in [-0.15, -0.1) is 0 Å². The molecule has 0 aromatic heterocycles.